The number of hydrogen-bond acceptors (Lipinski definition) is 2. The van der Waals surface area contributed by atoms with E-state index in [9.17, 15) is 5.11 Å². The maximum Gasteiger partial charge on any atom is 0.117 e. The summed E-state index contributed by atoms with van der Waals surface area (Å²) in [4.78, 5) is 4.35. The van der Waals surface area contributed by atoms with Crippen molar-refractivity contribution in [3.63, 3.8) is 0 Å². The first-order valence-electron chi connectivity index (χ1n) is 5.54. The zero-order chi connectivity index (χ0) is 12.4. The SMILES string of the molecule is Cc1cc(C=Nc2cccc(O)c2)c(C)n1C. The van der Waals surface area contributed by atoms with Gasteiger partial charge in [0.05, 0.1) is 5.69 Å². The van der Waals surface area contributed by atoms with E-state index in [0.717, 1.165) is 11.3 Å². The number of hydrogen-bond donors (Lipinski definition) is 1. The summed E-state index contributed by atoms with van der Waals surface area (Å²) >= 11 is 0. The summed E-state index contributed by atoms with van der Waals surface area (Å²) in [5, 5.41) is 9.34. The fraction of sp³-hybridized carbons (Fsp3) is 0.214. The molecule has 3 heteroatoms. The van der Waals surface area contributed by atoms with Crippen LogP contribution in [0.25, 0.3) is 0 Å². The highest BCUT2D eigenvalue weighted by Crippen LogP contribution is 2.19. The summed E-state index contributed by atoms with van der Waals surface area (Å²) in [6.45, 7) is 4.13. The minimum Gasteiger partial charge on any atom is -0.508 e. The van der Waals surface area contributed by atoms with Crippen molar-refractivity contribution in [3.8, 4) is 5.75 Å². The second kappa shape index (κ2) is 4.45. The first-order chi connectivity index (χ1) is 8.08. The van der Waals surface area contributed by atoms with Gasteiger partial charge in [-0.2, -0.15) is 0 Å². The molecule has 88 valence electrons. The number of aryl methyl sites for hydroxylation is 1. The molecule has 0 saturated heterocycles. The van der Waals surface area contributed by atoms with Gasteiger partial charge in [-0.1, -0.05) is 6.07 Å². The van der Waals surface area contributed by atoms with E-state index < -0.39 is 0 Å². The molecule has 0 bridgehead atoms. The minimum atomic E-state index is 0.237. The molecule has 2 rings (SSSR count). The zero-order valence-electron chi connectivity index (χ0n) is 10.3. The van der Waals surface area contributed by atoms with Crippen molar-refractivity contribution in [2.45, 2.75) is 13.8 Å². The topological polar surface area (TPSA) is 37.5 Å². The van der Waals surface area contributed by atoms with E-state index in [4.69, 9.17) is 0 Å². The smallest absolute Gasteiger partial charge is 0.117 e. The second-order valence-corrected chi connectivity index (χ2v) is 4.16. The van der Waals surface area contributed by atoms with E-state index in [0.29, 0.717) is 0 Å². The van der Waals surface area contributed by atoms with Crippen molar-refractivity contribution in [1.29, 1.82) is 0 Å². The van der Waals surface area contributed by atoms with Crippen LogP contribution in [0.15, 0.2) is 35.3 Å². The molecule has 0 aliphatic heterocycles. The van der Waals surface area contributed by atoms with Gasteiger partial charge in [0, 0.05) is 36.3 Å². The number of rotatable bonds is 2. The fourth-order valence-corrected chi connectivity index (χ4v) is 1.73. The highest BCUT2D eigenvalue weighted by atomic mass is 16.3. The van der Waals surface area contributed by atoms with Gasteiger partial charge in [0.2, 0.25) is 0 Å². The Bertz CT molecular complexity index is 568. The molecular weight excluding hydrogens is 212 g/mol. The predicted octanol–water partition coefficient (Wildman–Crippen LogP) is 3.10. The van der Waals surface area contributed by atoms with Crippen molar-refractivity contribution in [1.82, 2.24) is 4.57 Å². The third-order valence-electron chi connectivity index (χ3n) is 3.00. The Hall–Kier alpha value is -2.03. The standard InChI is InChI=1S/C14H16N2O/c1-10-7-12(11(2)16(10)3)9-15-13-5-4-6-14(17)8-13/h4-9,17H,1-3H3. The number of aromatic hydroxyl groups is 1. The quantitative estimate of drug-likeness (QED) is 0.788. The van der Waals surface area contributed by atoms with Gasteiger partial charge in [0.25, 0.3) is 0 Å². The predicted molar refractivity (Wildman–Crippen MR) is 70.2 cm³/mol. The van der Waals surface area contributed by atoms with Crippen LogP contribution in [0.2, 0.25) is 0 Å². The highest BCUT2D eigenvalue weighted by Gasteiger charge is 2.03. The third-order valence-corrected chi connectivity index (χ3v) is 3.00. The lowest BCUT2D eigenvalue weighted by molar-refractivity contribution is 0.475. The monoisotopic (exact) mass is 228 g/mol. The molecule has 2 aromatic rings. The van der Waals surface area contributed by atoms with E-state index in [1.54, 1.807) is 18.2 Å². The number of phenols is 1. The average molecular weight is 228 g/mol. The average Bonchev–Trinajstić information content (AvgIpc) is 2.54. The normalized spacial score (nSPS) is 11.2. The number of phenolic OH excluding ortho intramolecular Hbond substituents is 1. The Morgan fingerprint density at radius 3 is 2.59 bits per heavy atom. The van der Waals surface area contributed by atoms with Crippen LogP contribution in [0.5, 0.6) is 5.75 Å². The number of aliphatic imine (C=N–C) groups is 1. The summed E-state index contributed by atoms with van der Waals surface area (Å²) in [6.07, 6.45) is 1.83. The van der Waals surface area contributed by atoms with Crippen LogP contribution in [-0.4, -0.2) is 15.9 Å². The molecule has 0 aliphatic rings. The van der Waals surface area contributed by atoms with Gasteiger partial charge in [-0.15, -0.1) is 0 Å². The number of nitrogens with zero attached hydrogens (tertiary/aromatic N) is 2. The maximum atomic E-state index is 9.34. The molecule has 1 aromatic heterocycles. The van der Waals surface area contributed by atoms with Crippen LogP contribution in [0.3, 0.4) is 0 Å². The molecular formula is C14H16N2O. The Morgan fingerprint density at radius 2 is 2.00 bits per heavy atom. The van der Waals surface area contributed by atoms with Crippen LogP contribution in [-0.2, 0) is 7.05 Å². The summed E-state index contributed by atoms with van der Waals surface area (Å²) in [6, 6.07) is 9.02. The molecule has 0 spiro atoms. The number of benzene rings is 1. The first-order valence-corrected chi connectivity index (χ1v) is 5.54. The zero-order valence-corrected chi connectivity index (χ0v) is 10.3. The van der Waals surface area contributed by atoms with Crippen molar-refractivity contribution in [2.24, 2.45) is 12.0 Å². The van der Waals surface area contributed by atoms with Crippen LogP contribution in [0.1, 0.15) is 17.0 Å². The van der Waals surface area contributed by atoms with Gasteiger partial charge in [-0.05, 0) is 32.0 Å². The molecule has 3 nitrogen and oxygen atoms in total. The Labute approximate surface area is 101 Å². The van der Waals surface area contributed by atoms with Gasteiger partial charge in [0.15, 0.2) is 0 Å². The van der Waals surface area contributed by atoms with E-state index in [1.165, 1.54) is 11.4 Å². The lowest BCUT2D eigenvalue weighted by Gasteiger charge is -1.99. The van der Waals surface area contributed by atoms with Crippen LogP contribution < -0.4 is 0 Å². The molecule has 0 saturated carbocycles. The van der Waals surface area contributed by atoms with E-state index >= 15 is 0 Å². The van der Waals surface area contributed by atoms with Crippen molar-refractivity contribution in [2.75, 3.05) is 0 Å². The molecule has 0 radical (unpaired) electrons. The van der Waals surface area contributed by atoms with Crippen molar-refractivity contribution < 1.29 is 5.11 Å². The summed E-state index contributed by atoms with van der Waals surface area (Å²) in [7, 11) is 2.04. The fourth-order valence-electron chi connectivity index (χ4n) is 1.73. The Morgan fingerprint density at radius 1 is 1.24 bits per heavy atom. The molecule has 1 aromatic carbocycles. The van der Waals surface area contributed by atoms with Crippen LogP contribution >= 0.6 is 0 Å². The lowest BCUT2D eigenvalue weighted by atomic mass is 10.2. The van der Waals surface area contributed by atoms with Crippen LogP contribution in [0.4, 0.5) is 5.69 Å². The highest BCUT2D eigenvalue weighted by molar-refractivity contribution is 5.83. The molecule has 1 heterocycles. The molecule has 0 fully saturated rings. The summed E-state index contributed by atoms with van der Waals surface area (Å²) < 4.78 is 2.13. The molecule has 0 amide bonds. The molecule has 0 unspecified atom stereocenters. The third kappa shape index (κ3) is 2.38. The van der Waals surface area contributed by atoms with Gasteiger partial charge in [0.1, 0.15) is 5.75 Å². The van der Waals surface area contributed by atoms with Crippen molar-refractivity contribution in [3.05, 3.63) is 47.3 Å². The molecule has 1 N–H and O–H groups in total. The van der Waals surface area contributed by atoms with Crippen molar-refractivity contribution >= 4 is 11.9 Å². The maximum absolute atomic E-state index is 9.34. The molecule has 0 atom stereocenters. The Kier molecular flexibility index (Phi) is 3.00. The molecule has 0 aliphatic carbocycles. The minimum absolute atomic E-state index is 0.237. The van der Waals surface area contributed by atoms with E-state index in [1.807, 2.05) is 19.3 Å². The van der Waals surface area contributed by atoms with Gasteiger partial charge in [-0.3, -0.25) is 4.99 Å². The number of aromatic nitrogens is 1. The van der Waals surface area contributed by atoms with E-state index in [2.05, 4.69) is 29.5 Å². The first kappa shape index (κ1) is 11.5. The van der Waals surface area contributed by atoms with E-state index in [-0.39, 0.29) is 5.75 Å². The van der Waals surface area contributed by atoms with Gasteiger partial charge in [-0.25, -0.2) is 0 Å². The van der Waals surface area contributed by atoms with Gasteiger partial charge >= 0.3 is 0 Å². The van der Waals surface area contributed by atoms with Gasteiger partial charge < -0.3 is 9.67 Å². The summed E-state index contributed by atoms with van der Waals surface area (Å²) in [5.41, 5.74) is 4.26. The lowest BCUT2D eigenvalue weighted by Crippen LogP contribution is -1.93. The Balaban J connectivity index is 2.29. The molecule has 17 heavy (non-hydrogen) atoms. The second-order valence-electron chi connectivity index (χ2n) is 4.16. The largest absolute Gasteiger partial charge is 0.508 e. The summed E-state index contributed by atoms with van der Waals surface area (Å²) in [5.74, 6) is 0.237. The van der Waals surface area contributed by atoms with Crippen LogP contribution in [0, 0.1) is 13.8 Å².